The predicted molar refractivity (Wildman–Crippen MR) is 82.5 cm³/mol. The van der Waals surface area contributed by atoms with E-state index in [1.165, 1.54) is 11.3 Å². The van der Waals surface area contributed by atoms with E-state index in [1.807, 2.05) is 42.0 Å². The Morgan fingerprint density at radius 3 is 3.00 bits per heavy atom. The Kier molecular flexibility index (Phi) is 3.83. The first kappa shape index (κ1) is 13.7. The number of nitrogens with one attached hydrogen (secondary N) is 1. The van der Waals surface area contributed by atoms with Gasteiger partial charge in [0, 0.05) is 11.3 Å². The number of hydrogen-bond donors (Lipinski definition) is 2. The molecule has 1 aromatic heterocycles. The van der Waals surface area contributed by atoms with E-state index in [9.17, 15) is 9.90 Å². The van der Waals surface area contributed by atoms with E-state index in [-0.39, 0.29) is 11.9 Å². The van der Waals surface area contributed by atoms with Crippen molar-refractivity contribution in [2.45, 2.75) is 23.5 Å². The van der Waals surface area contributed by atoms with Crippen molar-refractivity contribution in [3.8, 4) is 0 Å². The van der Waals surface area contributed by atoms with Gasteiger partial charge in [-0.3, -0.25) is 4.79 Å². The molecule has 0 aliphatic heterocycles. The van der Waals surface area contributed by atoms with Gasteiger partial charge in [-0.2, -0.15) is 0 Å². The highest BCUT2D eigenvalue weighted by Gasteiger charge is 2.32. The number of hydrogen-bond acceptors (Lipinski definition) is 4. The van der Waals surface area contributed by atoms with E-state index in [2.05, 4.69) is 5.32 Å². The number of benzene rings is 1. The first-order chi connectivity index (χ1) is 9.70. The van der Waals surface area contributed by atoms with Crippen LogP contribution >= 0.6 is 23.1 Å². The second-order valence-electron chi connectivity index (χ2n) is 4.74. The molecule has 104 valence electrons. The standard InChI is InChI=1S/C15H15NO2S2/c1-19-12-6-7-20-14(12)15(18)16-13-10-5-3-2-4-9(10)8-11(13)17/h2-7,11,13,17H,8H2,1H3,(H,16,18). The van der Waals surface area contributed by atoms with Crippen LogP contribution in [0, 0.1) is 0 Å². The maximum absolute atomic E-state index is 12.4. The second-order valence-corrected chi connectivity index (χ2v) is 6.50. The van der Waals surface area contributed by atoms with Gasteiger partial charge >= 0.3 is 0 Å². The van der Waals surface area contributed by atoms with Gasteiger partial charge in [0.05, 0.1) is 12.1 Å². The molecule has 0 spiro atoms. The van der Waals surface area contributed by atoms with Crippen LogP contribution in [-0.2, 0) is 6.42 Å². The molecule has 1 aromatic carbocycles. The highest BCUT2D eigenvalue weighted by atomic mass is 32.2. The number of amides is 1. The molecule has 2 atom stereocenters. The van der Waals surface area contributed by atoms with Crippen molar-refractivity contribution in [3.63, 3.8) is 0 Å². The summed E-state index contributed by atoms with van der Waals surface area (Å²) in [5.74, 6) is -0.106. The topological polar surface area (TPSA) is 49.3 Å². The Balaban J connectivity index is 1.83. The molecule has 2 N–H and O–H groups in total. The van der Waals surface area contributed by atoms with Gasteiger partial charge in [-0.25, -0.2) is 0 Å². The normalized spacial score (nSPS) is 20.7. The summed E-state index contributed by atoms with van der Waals surface area (Å²) in [7, 11) is 0. The van der Waals surface area contributed by atoms with Gasteiger partial charge in [-0.15, -0.1) is 23.1 Å². The number of rotatable bonds is 3. The summed E-state index contributed by atoms with van der Waals surface area (Å²) in [6.07, 6.45) is 2.01. The Labute approximate surface area is 126 Å². The lowest BCUT2D eigenvalue weighted by molar-refractivity contribution is 0.0859. The Morgan fingerprint density at radius 1 is 1.40 bits per heavy atom. The van der Waals surface area contributed by atoms with E-state index < -0.39 is 6.10 Å². The van der Waals surface area contributed by atoms with Crippen LogP contribution in [0.2, 0.25) is 0 Å². The van der Waals surface area contributed by atoms with Crippen LogP contribution < -0.4 is 5.32 Å². The molecule has 0 fully saturated rings. The minimum Gasteiger partial charge on any atom is -0.390 e. The number of fused-ring (bicyclic) bond motifs is 1. The number of thiophene rings is 1. The first-order valence-electron chi connectivity index (χ1n) is 6.39. The maximum atomic E-state index is 12.4. The van der Waals surface area contributed by atoms with Crippen molar-refractivity contribution in [2.24, 2.45) is 0 Å². The fraction of sp³-hybridized carbons (Fsp3) is 0.267. The summed E-state index contributed by atoms with van der Waals surface area (Å²) in [6, 6.07) is 9.51. The molecule has 1 heterocycles. The van der Waals surface area contributed by atoms with Crippen molar-refractivity contribution in [2.75, 3.05) is 6.26 Å². The Hall–Kier alpha value is -1.30. The van der Waals surface area contributed by atoms with Crippen LogP contribution in [0.5, 0.6) is 0 Å². The van der Waals surface area contributed by atoms with Gasteiger partial charge in [0.1, 0.15) is 4.88 Å². The van der Waals surface area contributed by atoms with Crippen LogP contribution in [0.15, 0.2) is 40.6 Å². The van der Waals surface area contributed by atoms with Crippen LogP contribution in [0.4, 0.5) is 0 Å². The summed E-state index contributed by atoms with van der Waals surface area (Å²) in [5.41, 5.74) is 2.14. The molecule has 20 heavy (non-hydrogen) atoms. The minimum absolute atomic E-state index is 0.106. The second kappa shape index (κ2) is 5.60. The third kappa shape index (κ3) is 2.37. The summed E-state index contributed by atoms with van der Waals surface area (Å²) in [5, 5.41) is 15.1. The highest BCUT2D eigenvalue weighted by Crippen LogP contribution is 2.32. The van der Waals surface area contributed by atoms with Crippen molar-refractivity contribution in [1.29, 1.82) is 0 Å². The Bertz CT molecular complexity index is 638. The monoisotopic (exact) mass is 305 g/mol. The van der Waals surface area contributed by atoms with Crippen molar-refractivity contribution in [1.82, 2.24) is 5.32 Å². The van der Waals surface area contributed by atoms with Crippen molar-refractivity contribution < 1.29 is 9.90 Å². The first-order valence-corrected chi connectivity index (χ1v) is 8.49. The van der Waals surface area contributed by atoms with Crippen LogP contribution in [0.3, 0.4) is 0 Å². The number of aliphatic hydroxyl groups is 1. The molecule has 0 saturated carbocycles. The van der Waals surface area contributed by atoms with Gasteiger partial charge in [-0.1, -0.05) is 24.3 Å². The van der Waals surface area contributed by atoms with Crippen LogP contribution in [0.1, 0.15) is 26.8 Å². The molecule has 3 nitrogen and oxygen atoms in total. The zero-order valence-electron chi connectivity index (χ0n) is 11.0. The lowest BCUT2D eigenvalue weighted by Gasteiger charge is -2.17. The average molecular weight is 305 g/mol. The van der Waals surface area contributed by atoms with Gasteiger partial charge in [0.2, 0.25) is 0 Å². The number of aliphatic hydroxyl groups excluding tert-OH is 1. The fourth-order valence-electron chi connectivity index (χ4n) is 2.58. The molecule has 0 bridgehead atoms. The summed E-state index contributed by atoms with van der Waals surface area (Å²) in [4.78, 5) is 14.1. The van der Waals surface area contributed by atoms with E-state index in [0.29, 0.717) is 11.3 Å². The zero-order chi connectivity index (χ0) is 14.1. The van der Waals surface area contributed by atoms with Gasteiger partial charge in [-0.05, 0) is 28.8 Å². The largest absolute Gasteiger partial charge is 0.390 e. The van der Waals surface area contributed by atoms with E-state index >= 15 is 0 Å². The lowest BCUT2D eigenvalue weighted by atomic mass is 10.1. The molecular weight excluding hydrogens is 290 g/mol. The van der Waals surface area contributed by atoms with Crippen molar-refractivity contribution in [3.05, 3.63) is 51.7 Å². The highest BCUT2D eigenvalue weighted by molar-refractivity contribution is 7.98. The van der Waals surface area contributed by atoms with E-state index in [4.69, 9.17) is 0 Å². The molecule has 0 saturated heterocycles. The zero-order valence-corrected chi connectivity index (χ0v) is 12.6. The van der Waals surface area contributed by atoms with Gasteiger partial charge < -0.3 is 10.4 Å². The van der Waals surface area contributed by atoms with Gasteiger partial charge in [0.25, 0.3) is 5.91 Å². The predicted octanol–water partition coefficient (Wildman–Crippen LogP) is 2.86. The number of carbonyl (C=O) groups excluding carboxylic acids is 1. The molecule has 3 rings (SSSR count). The van der Waals surface area contributed by atoms with E-state index in [0.717, 1.165) is 16.0 Å². The molecular formula is C15H15NO2S2. The molecule has 0 radical (unpaired) electrons. The van der Waals surface area contributed by atoms with E-state index in [1.54, 1.807) is 11.8 Å². The molecule has 1 aliphatic carbocycles. The number of carbonyl (C=O) groups is 1. The number of thioether (sulfide) groups is 1. The minimum atomic E-state index is -0.547. The summed E-state index contributed by atoms with van der Waals surface area (Å²) >= 11 is 3.00. The van der Waals surface area contributed by atoms with Crippen LogP contribution in [0.25, 0.3) is 0 Å². The maximum Gasteiger partial charge on any atom is 0.263 e. The average Bonchev–Trinajstić information content (AvgIpc) is 3.04. The Morgan fingerprint density at radius 2 is 2.20 bits per heavy atom. The lowest BCUT2D eigenvalue weighted by Crippen LogP contribution is -2.33. The fourth-order valence-corrected chi connectivity index (χ4v) is 4.23. The molecule has 2 aromatic rings. The smallest absolute Gasteiger partial charge is 0.263 e. The van der Waals surface area contributed by atoms with Crippen molar-refractivity contribution >= 4 is 29.0 Å². The summed E-state index contributed by atoms with van der Waals surface area (Å²) < 4.78 is 0. The third-order valence-corrected chi connectivity index (χ3v) is 5.37. The third-order valence-electron chi connectivity index (χ3n) is 3.55. The summed E-state index contributed by atoms with van der Waals surface area (Å²) in [6.45, 7) is 0. The molecule has 1 aliphatic rings. The molecule has 5 heteroatoms. The molecule has 1 amide bonds. The van der Waals surface area contributed by atoms with Crippen LogP contribution in [-0.4, -0.2) is 23.4 Å². The quantitative estimate of drug-likeness (QED) is 0.857. The van der Waals surface area contributed by atoms with Gasteiger partial charge in [0.15, 0.2) is 0 Å². The molecule has 2 unspecified atom stereocenters. The SMILES string of the molecule is CSc1ccsc1C(=O)NC1c2ccccc2CC1O.